The summed E-state index contributed by atoms with van der Waals surface area (Å²) in [6.45, 7) is 8.53. The third kappa shape index (κ3) is 4.23. The summed E-state index contributed by atoms with van der Waals surface area (Å²) in [5.74, 6) is 0. The molecular weight excluding hydrogens is 214 g/mol. The Kier molecular flexibility index (Phi) is 5.33. The maximum atomic E-state index is 4.55. The Morgan fingerprint density at radius 3 is 2.31 bits per heavy atom. The summed E-state index contributed by atoms with van der Waals surface area (Å²) in [5, 5.41) is 0.581. The van der Waals surface area contributed by atoms with E-state index in [0.717, 1.165) is 5.70 Å². The highest BCUT2D eigenvalue weighted by Crippen LogP contribution is 2.20. The summed E-state index contributed by atoms with van der Waals surface area (Å²) < 4.78 is 0. The minimum absolute atomic E-state index is 0.581. The monoisotopic (exact) mass is 233 g/mol. The van der Waals surface area contributed by atoms with Crippen molar-refractivity contribution in [1.82, 2.24) is 0 Å². The average molecular weight is 233 g/mol. The number of hydrogen-bond donors (Lipinski definition) is 0. The van der Waals surface area contributed by atoms with Gasteiger partial charge in [0.25, 0.3) is 0 Å². The summed E-state index contributed by atoms with van der Waals surface area (Å²) >= 11 is 1.75. The molecule has 0 saturated carbocycles. The summed E-state index contributed by atoms with van der Waals surface area (Å²) in [4.78, 5) is 4.55. The third-order valence-corrected chi connectivity index (χ3v) is 2.81. The molecule has 1 nitrogen and oxygen atoms in total. The Balaban J connectivity index is 2.87. The summed E-state index contributed by atoms with van der Waals surface area (Å²) in [6, 6.07) is 10.3. The van der Waals surface area contributed by atoms with Crippen LogP contribution in [0.2, 0.25) is 0 Å². The fourth-order valence-corrected chi connectivity index (χ4v) is 1.70. The molecule has 86 valence electrons. The zero-order valence-electron chi connectivity index (χ0n) is 10.4. The summed E-state index contributed by atoms with van der Waals surface area (Å²) in [7, 11) is 0. The highest BCUT2D eigenvalue weighted by molar-refractivity contribution is 8.12. The van der Waals surface area contributed by atoms with E-state index in [-0.39, 0.29) is 0 Å². The Morgan fingerprint density at radius 1 is 1.19 bits per heavy atom. The second-order valence-electron chi connectivity index (χ2n) is 4.13. The van der Waals surface area contributed by atoms with Gasteiger partial charge in [-0.1, -0.05) is 49.8 Å². The van der Waals surface area contributed by atoms with E-state index in [1.54, 1.807) is 11.8 Å². The van der Waals surface area contributed by atoms with Crippen LogP contribution < -0.4 is 0 Å². The number of hydrogen-bond acceptors (Lipinski definition) is 2. The maximum absolute atomic E-state index is 4.55. The largest absolute Gasteiger partial charge is 0.249 e. The molecule has 0 aliphatic carbocycles. The molecule has 0 aromatic heterocycles. The molecule has 0 unspecified atom stereocenters. The van der Waals surface area contributed by atoms with Crippen molar-refractivity contribution in [3.05, 3.63) is 41.5 Å². The minimum Gasteiger partial charge on any atom is -0.249 e. The molecule has 0 aliphatic heterocycles. The van der Waals surface area contributed by atoms with E-state index in [4.69, 9.17) is 0 Å². The van der Waals surface area contributed by atoms with Crippen LogP contribution in [0.4, 0.5) is 0 Å². The number of nitrogens with zero attached hydrogens (tertiary/aromatic N) is 1. The zero-order chi connectivity index (χ0) is 12.0. The molecule has 0 bridgehead atoms. The van der Waals surface area contributed by atoms with Crippen molar-refractivity contribution in [2.45, 2.75) is 32.9 Å². The van der Waals surface area contributed by atoms with Crippen LogP contribution in [0.15, 0.2) is 40.9 Å². The first-order valence-corrected chi connectivity index (χ1v) is 6.46. The van der Waals surface area contributed by atoms with E-state index in [1.807, 2.05) is 23.7 Å². The molecule has 1 aromatic rings. The lowest BCUT2D eigenvalue weighted by Gasteiger charge is -2.05. The Morgan fingerprint density at radius 2 is 1.81 bits per heavy atom. The van der Waals surface area contributed by atoms with Gasteiger partial charge in [0.1, 0.15) is 0 Å². The van der Waals surface area contributed by atoms with Gasteiger partial charge in [-0.2, -0.15) is 0 Å². The van der Waals surface area contributed by atoms with Crippen LogP contribution in [0.25, 0.3) is 5.70 Å². The lowest BCUT2D eigenvalue weighted by molar-refractivity contribution is 1.12. The Labute approximate surface area is 103 Å². The zero-order valence-corrected chi connectivity index (χ0v) is 11.2. The van der Waals surface area contributed by atoms with Gasteiger partial charge in [0.2, 0.25) is 0 Å². The first kappa shape index (κ1) is 13.0. The highest BCUT2D eigenvalue weighted by atomic mass is 32.2. The highest BCUT2D eigenvalue weighted by Gasteiger charge is 2.00. The molecule has 0 heterocycles. The van der Waals surface area contributed by atoms with Gasteiger partial charge in [-0.05, 0) is 13.8 Å². The standard InChI is InChI=1S/C14H19NS/c1-11(2)14(15-10-16-12(3)4)13-8-6-5-7-9-13/h5-10,12H,1-4H3. The molecule has 0 N–H and O–H groups in total. The number of thioether (sulfide) groups is 1. The number of benzene rings is 1. The SMILES string of the molecule is CC(C)=C(N=CSC(C)C)c1ccccc1. The minimum atomic E-state index is 0.581. The molecule has 0 amide bonds. The summed E-state index contributed by atoms with van der Waals surface area (Å²) in [6.07, 6.45) is 0. The van der Waals surface area contributed by atoms with Crippen LogP contribution in [0.1, 0.15) is 33.3 Å². The molecule has 0 spiro atoms. The molecule has 0 aliphatic rings. The van der Waals surface area contributed by atoms with Gasteiger partial charge in [-0.3, -0.25) is 0 Å². The average Bonchev–Trinajstić information content (AvgIpc) is 2.25. The quantitative estimate of drug-likeness (QED) is 0.546. The second kappa shape index (κ2) is 6.54. The van der Waals surface area contributed by atoms with Crippen LogP contribution in [0, 0.1) is 0 Å². The van der Waals surface area contributed by atoms with Gasteiger partial charge in [-0.15, -0.1) is 11.8 Å². The van der Waals surface area contributed by atoms with Crippen LogP contribution in [0.5, 0.6) is 0 Å². The van der Waals surface area contributed by atoms with Crippen molar-refractivity contribution in [2.24, 2.45) is 4.99 Å². The number of rotatable bonds is 4. The van der Waals surface area contributed by atoms with Crippen molar-refractivity contribution >= 4 is 23.0 Å². The second-order valence-corrected chi connectivity index (χ2v) is 5.56. The molecule has 1 aromatic carbocycles. The van der Waals surface area contributed by atoms with Gasteiger partial charge in [-0.25, -0.2) is 4.99 Å². The third-order valence-electron chi connectivity index (χ3n) is 2.04. The van der Waals surface area contributed by atoms with Crippen LogP contribution in [-0.4, -0.2) is 10.8 Å². The summed E-state index contributed by atoms with van der Waals surface area (Å²) in [5.41, 5.74) is 5.45. The van der Waals surface area contributed by atoms with E-state index in [0.29, 0.717) is 5.25 Å². The van der Waals surface area contributed by atoms with Gasteiger partial charge >= 0.3 is 0 Å². The van der Waals surface area contributed by atoms with Crippen LogP contribution in [-0.2, 0) is 0 Å². The maximum Gasteiger partial charge on any atom is 0.0694 e. The van der Waals surface area contributed by atoms with E-state index >= 15 is 0 Å². The van der Waals surface area contributed by atoms with Gasteiger partial charge < -0.3 is 0 Å². The molecular formula is C14H19NS. The van der Waals surface area contributed by atoms with Gasteiger partial charge in [0, 0.05) is 10.8 Å². The number of allylic oxidation sites excluding steroid dienone is 1. The molecule has 0 atom stereocenters. The van der Waals surface area contributed by atoms with Crippen molar-refractivity contribution in [3.63, 3.8) is 0 Å². The van der Waals surface area contributed by atoms with E-state index in [2.05, 4.69) is 44.8 Å². The van der Waals surface area contributed by atoms with Crippen LogP contribution in [0.3, 0.4) is 0 Å². The van der Waals surface area contributed by atoms with Crippen molar-refractivity contribution in [3.8, 4) is 0 Å². The fraction of sp³-hybridized carbons (Fsp3) is 0.357. The first-order chi connectivity index (χ1) is 7.61. The fourth-order valence-electron chi connectivity index (χ4n) is 1.29. The van der Waals surface area contributed by atoms with Crippen molar-refractivity contribution in [2.75, 3.05) is 0 Å². The number of aliphatic imine (C=N–C) groups is 1. The normalized spacial score (nSPS) is 11.1. The first-order valence-electron chi connectivity index (χ1n) is 5.52. The molecule has 16 heavy (non-hydrogen) atoms. The van der Waals surface area contributed by atoms with Crippen molar-refractivity contribution in [1.29, 1.82) is 0 Å². The van der Waals surface area contributed by atoms with E-state index < -0.39 is 0 Å². The molecule has 0 fully saturated rings. The Bertz CT molecular complexity index is 373. The van der Waals surface area contributed by atoms with Gasteiger partial charge in [0.15, 0.2) is 0 Å². The molecule has 0 saturated heterocycles. The molecule has 2 heteroatoms. The molecule has 0 radical (unpaired) electrons. The predicted molar refractivity (Wildman–Crippen MR) is 75.9 cm³/mol. The van der Waals surface area contributed by atoms with Crippen molar-refractivity contribution < 1.29 is 0 Å². The topological polar surface area (TPSA) is 12.4 Å². The van der Waals surface area contributed by atoms with E-state index in [9.17, 15) is 0 Å². The lowest BCUT2D eigenvalue weighted by Crippen LogP contribution is -1.87. The van der Waals surface area contributed by atoms with E-state index in [1.165, 1.54) is 11.1 Å². The van der Waals surface area contributed by atoms with Gasteiger partial charge in [0.05, 0.1) is 11.2 Å². The van der Waals surface area contributed by atoms with Crippen LogP contribution >= 0.6 is 11.8 Å². The molecule has 1 rings (SSSR count). The predicted octanol–water partition coefficient (Wildman–Crippen LogP) is 4.61. The Hall–Kier alpha value is -1.02. The smallest absolute Gasteiger partial charge is 0.0694 e. The lowest BCUT2D eigenvalue weighted by atomic mass is 10.1.